The molecule has 0 aromatic heterocycles. The average molecular weight is 642 g/mol. The maximum Gasteiger partial charge on any atom is 0.318 e. The van der Waals surface area contributed by atoms with Crippen molar-refractivity contribution >= 4 is 47.5 Å². The number of halogens is 4. The van der Waals surface area contributed by atoms with Gasteiger partial charge in [-0.2, -0.15) is 0 Å². The second-order valence-corrected chi connectivity index (χ2v) is 12.2. The van der Waals surface area contributed by atoms with Gasteiger partial charge in [0.15, 0.2) is 0 Å². The van der Waals surface area contributed by atoms with Crippen LogP contribution in [0, 0.1) is 0 Å². The Bertz CT molecular complexity index is 1210. The molecule has 5 rings (SSSR count). The molecule has 42 heavy (non-hydrogen) atoms. The monoisotopic (exact) mass is 640 g/mol. The molecule has 0 bridgehead atoms. The van der Waals surface area contributed by atoms with Crippen molar-refractivity contribution in [3.05, 3.63) is 63.6 Å². The van der Waals surface area contributed by atoms with Crippen molar-refractivity contribution in [3.8, 4) is 5.75 Å². The number of urea groups is 1. The molecule has 0 unspecified atom stereocenters. The molecule has 2 aromatic rings. The van der Waals surface area contributed by atoms with Crippen molar-refractivity contribution in [2.75, 3.05) is 52.4 Å². The van der Waals surface area contributed by atoms with Crippen LogP contribution in [0.4, 0.5) is 9.18 Å². The van der Waals surface area contributed by atoms with Crippen LogP contribution in [0.1, 0.15) is 49.1 Å². The minimum Gasteiger partial charge on any atom is -0.492 e. The van der Waals surface area contributed by atoms with E-state index in [4.69, 9.17) is 27.9 Å². The molecule has 3 saturated heterocycles. The zero-order valence-corrected chi connectivity index (χ0v) is 26.1. The number of ether oxygens (including phenoxy) is 1. The second-order valence-electron chi connectivity index (χ2n) is 11.3. The van der Waals surface area contributed by atoms with Crippen molar-refractivity contribution in [1.82, 2.24) is 20.0 Å². The minimum absolute atomic E-state index is 0. The van der Waals surface area contributed by atoms with Crippen LogP contribution in [0.15, 0.2) is 42.5 Å². The number of rotatable bonds is 9. The highest BCUT2D eigenvalue weighted by Crippen LogP contribution is 2.34. The minimum atomic E-state index is -0.730. The van der Waals surface area contributed by atoms with Crippen molar-refractivity contribution in [2.45, 2.75) is 56.7 Å². The predicted octanol–water partition coefficient (Wildman–Crippen LogP) is 5.96. The number of benzene rings is 2. The van der Waals surface area contributed by atoms with Crippen LogP contribution in [0.2, 0.25) is 10.0 Å². The molecule has 11 heteroatoms. The Morgan fingerprint density at radius 3 is 2.40 bits per heavy atom. The number of alkyl halides is 1. The summed E-state index contributed by atoms with van der Waals surface area (Å²) >= 11 is 12.5. The molecular formula is C31H40Cl3FN4O3. The quantitative estimate of drug-likeness (QED) is 0.367. The van der Waals surface area contributed by atoms with Crippen molar-refractivity contribution in [1.29, 1.82) is 0 Å². The Labute approximate surface area is 264 Å². The molecule has 7 nitrogen and oxygen atoms in total. The summed E-state index contributed by atoms with van der Waals surface area (Å²) in [6, 6.07) is 12.4. The standard InChI is InChI=1S/C31H39Cl2FN4O3.ClH/c32-24-8-7-23(27(33)20-24)19-28(35-31(40)38-12-3-4-13-38)30(39)37-15-9-22(10-16-37)26-5-1-2-6-29(26)41-18-17-36-14-11-25(34)21-36;/h1-2,5-8,20,22,25,28H,3-4,9-19,21H2,(H,35,40);1H/t25-,28+;/m0./s1. The largest absolute Gasteiger partial charge is 0.492 e. The van der Waals surface area contributed by atoms with Gasteiger partial charge in [0.2, 0.25) is 5.91 Å². The maximum atomic E-state index is 13.8. The van der Waals surface area contributed by atoms with Gasteiger partial charge in [-0.3, -0.25) is 9.69 Å². The number of piperidine rings is 1. The molecule has 2 aromatic carbocycles. The first-order chi connectivity index (χ1) is 19.9. The van der Waals surface area contributed by atoms with E-state index >= 15 is 0 Å². The van der Waals surface area contributed by atoms with Crippen LogP contribution in [0.3, 0.4) is 0 Å². The van der Waals surface area contributed by atoms with Gasteiger partial charge in [0.25, 0.3) is 0 Å². The molecule has 0 spiro atoms. The van der Waals surface area contributed by atoms with E-state index in [9.17, 15) is 14.0 Å². The van der Waals surface area contributed by atoms with E-state index in [0.29, 0.717) is 68.8 Å². The van der Waals surface area contributed by atoms with Crippen LogP contribution in [0.5, 0.6) is 5.75 Å². The van der Waals surface area contributed by atoms with E-state index in [1.807, 2.05) is 29.2 Å². The summed E-state index contributed by atoms with van der Waals surface area (Å²) < 4.78 is 19.7. The molecule has 3 fully saturated rings. The lowest BCUT2D eigenvalue weighted by atomic mass is 9.88. The third kappa shape index (κ3) is 8.43. The molecule has 3 amide bonds. The zero-order chi connectivity index (χ0) is 28.8. The summed E-state index contributed by atoms with van der Waals surface area (Å²) in [5, 5.41) is 4.01. The topological polar surface area (TPSA) is 65.1 Å². The van der Waals surface area contributed by atoms with E-state index < -0.39 is 12.2 Å². The third-order valence-electron chi connectivity index (χ3n) is 8.47. The molecule has 0 saturated carbocycles. The van der Waals surface area contributed by atoms with Gasteiger partial charge in [-0.25, -0.2) is 9.18 Å². The Balaban J connectivity index is 0.00000405. The zero-order valence-electron chi connectivity index (χ0n) is 23.8. The van der Waals surface area contributed by atoms with Gasteiger partial charge in [0.1, 0.15) is 24.6 Å². The third-order valence-corrected chi connectivity index (χ3v) is 9.06. The number of para-hydroxylation sites is 1. The Morgan fingerprint density at radius 2 is 1.71 bits per heavy atom. The Kier molecular flexibility index (Phi) is 12.0. The van der Waals surface area contributed by atoms with E-state index in [0.717, 1.165) is 49.1 Å². The summed E-state index contributed by atoms with van der Waals surface area (Å²) in [5.41, 5.74) is 1.92. The van der Waals surface area contributed by atoms with E-state index in [1.54, 1.807) is 17.0 Å². The lowest BCUT2D eigenvalue weighted by molar-refractivity contribution is -0.134. The fourth-order valence-corrected chi connectivity index (χ4v) is 6.61. The van der Waals surface area contributed by atoms with E-state index in [-0.39, 0.29) is 30.3 Å². The van der Waals surface area contributed by atoms with Gasteiger partial charge in [-0.1, -0.05) is 47.5 Å². The normalized spacial score (nSPS) is 20.3. The number of likely N-dealkylation sites (tertiary alicyclic amines) is 3. The van der Waals surface area contributed by atoms with Crippen molar-refractivity contribution in [3.63, 3.8) is 0 Å². The highest BCUT2D eigenvalue weighted by atomic mass is 35.5. The molecule has 2 atom stereocenters. The van der Waals surface area contributed by atoms with E-state index in [1.165, 1.54) is 0 Å². The Morgan fingerprint density at radius 1 is 0.976 bits per heavy atom. The lowest BCUT2D eigenvalue weighted by Gasteiger charge is -2.35. The second kappa shape index (κ2) is 15.5. The number of carbonyl (C=O) groups is 2. The first kappa shape index (κ1) is 32.6. The molecule has 0 aliphatic carbocycles. The first-order valence-corrected chi connectivity index (χ1v) is 15.5. The molecule has 1 N–H and O–H groups in total. The number of nitrogens with one attached hydrogen (secondary N) is 1. The number of nitrogens with zero attached hydrogens (tertiary/aromatic N) is 3. The number of amides is 3. The molecule has 3 aliphatic heterocycles. The number of carbonyl (C=O) groups excluding carboxylic acids is 2. The van der Waals surface area contributed by atoms with Crippen LogP contribution in [-0.4, -0.2) is 91.3 Å². The predicted molar refractivity (Wildman–Crippen MR) is 167 cm³/mol. The number of hydrogen-bond acceptors (Lipinski definition) is 4. The van der Waals surface area contributed by atoms with E-state index in [2.05, 4.69) is 16.3 Å². The smallest absolute Gasteiger partial charge is 0.318 e. The Hall–Kier alpha value is -2.26. The molecule has 0 radical (unpaired) electrons. The highest BCUT2D eigenvalue weighted by molar-refractivity contribution is 6.35. The SMILES string of the molecule is Cl.O=C(N[C@H](Cc1ccc(Cl)cc1Cl)C(=O)N1CCC(c2ccccc2OCCN2CC[C@H](F)C2)CC1)N1CCCC1. The van der Waals surface area contributed by atoms with Crippen LogP contribution in [0.25, 0.3) is 0 Å². The van der Waals surface area contributed by atoms with Gasteiger partial charge in [0, 0.05) is 62.3 Å². The fourth-order valence-electron chi connectivity index (χ4n) is 6.12. The first-order valence-electron chi connectivity index (χ1n) is 14.7. The highest BCUT2D eigenvalue weighted by Gasteiger charge is 2.32. The molecule has 230 valence electrons. The van der Waals surface area contributed by atoms with Crippen molar-refractivity contribution < 1.29 is 18.7 Å². The summed E-state index contributed by atoms with van der Waals surface area (Å²) in [4.78, 5) is 32.5. The van der Waals surface area contributed by atoms with Gasteiger partial charge < -0.3 is 19.9 Å². The summed E-state index contributed by atoms with van der Waals surface area (Å²) in [6.45, 7) is 5.09. The van der Waals surface area contributed by atoms with Crippen LogP contribution >= 0.6 is 35.6 Å². The number of hydrogen-bond donors (Lipinski definition) is 1. The summed E-state index contributed by atoms with van der Waals surface area (Å²) in [5.74, 6) is 1.03. The van der Waals surface area contributed by atoms with Crippen LogP contribution in [-0.2, 0) is 11.2 Å². The van der Waals surface area contributed by atoms with Crippen LogP contribution < -0.4 is 10.1 Å². The average Bonchev–Trinajstić information content (AvgIpc) is 3.66. The fraction of sp³-hybridized carbons (Fsp3) is 0.548. The van der Waals surface area contributed by atoms with Crippen molar-refractivity contribution in [2.24, 2.45) is 0 Å². The molecule has 3 heterocycles. The van der Waals surface area contributed by atoms with Gasteiger partial charge in [-0.15, -0.1) is 12.4 Å². The van der Waals surface area contributed by atoms with Gasteiger partial charge in [-0.05, 0) is 67.3 Å². The van der Waals surface area contributed by atoms with Gasteiger partial charge in [0.05, 0.1) is 0 Å². The summed E-state index contributed by atoms with van der Waals surface area (Å²) in [6.07, 6.45) is 3.72. The maximum absolute atomic E-state index is 13.8. The molecule has 3 aliphatic rings. The summed E-state index contributed by atoms with van der Waals surface area (Å²) in [7, 11) is 0. The lowest BCUT2D eigenvalue weighted by Crippen LogP contribution is -2.54. The molecular weight excluding hydrogens is 602 g/mol. The van der Waals surface area contributed by atoms with Gasteiger partial charge >= 0.3 is 6.03 Å².